The molecule has 0 aliphatic carbocycles. The van der Waals surface area contributed by atoms with E-state index in [0.717, 1.165) is 32.4 Å². The quantitative estimate of drug-likeness (QED) is 0.517. The monoisotopic (exact) mass is 413 g/mol. The van der Waals surface area contributed by atoms with Gasteiger partial charge in [-0.1, -0.05) is 54.6 Å². The Morgan fingerprint density at radius 3 is 2.19 bits per heavy atom. The number of nitrogens with zero attached hydrogens (tertiary/aromatic N) is 2. The minimum Gasteiger partial charge on any atom is -0.362 e. The van der Waals surface area contributed by atoms with Gasteiger partial charge in [-0.2, -0.15) is 0 Å². The molecule has 31 heavy (non-hydrogen) atoms. The molecule has 0 saturated carbocycles. The van der Waals surface area contributed by atoms with E-state index in [-0.39, 0.29) is 5.91 Å². The molecule has 0 unspecified atom stereocenters. The summed E-state index contributed by atoms with van der Waals surface area (Å²) in [4.78, 5) is 17.2. The van der Waals surface area contributed by atoms with E-state index in [2.05, 4.69) is 87.9 Å². The van der Waals surface area contributed by atoms with Crippen molar-refractivity contribution in [3.05, 3.63) is 90.5 Å². The lowest BCUT2D eigenvalue weighted by atomic mass is 10.1. The first-order valence-corrected chi connectivity index (χ1v) is 11.3. The molecular weight excluding hydrogens is 382 g/mol. The van der Waals surface area contributed by atoms with Gasteiger partial charge in [-0.05, 0) is 61.6 Å². The Bertz CT molecular complexity index is 919. The molecule has 0 fully saturated rings. The van der Waals surface area contributed by atoms with E-state index in [1.54, 1.807) is 0 Å². The van der Waals surface area contributed by atoms with E-state index in [1.165, 1.54) is 29.0 Å². The third kappa shape index (κ3) is 5.66. The van der Waals surface area contributed by atoms with E-state index in [9.17, 15) is 4.79 Å². The van der Waals surface area contributed by atoms with Crippen LogP contribution in [0.15, 0.2) is 84.9 Å². The predicted octanol–water partition coefficient (Wildman–Crippen LogP) is 5.17. The van der Waals surface area contributed by atoms with Gasteiger partial charge < -0.3 is 15.1 Å². The van der Waals surface area contributed by atoms with Gasteiger partial charge in [0.1, 0.15) is 0 Å². The van der Waals surface area contributed by atoms with Crippen LogP contribution in [0.2, 0.25) is 0 Å². The molecular formula is C27H31N3O. The Kier molecular flexibility index (Phi) is 7.22. The first-order valence-electron chi connectivity index (χ1n) is 11.3. The molecule has 0 bridgehead atoms. The Morgan fingerprint density at radius 2 is 1.48 bits per heavy atom. The lowest BCUT2D eigenvalue weighted by Gasteiger charge is -2.26. The number of hydrogen-bond acceptors (Lipinski definition) is 3. The van der Waals surface area contributed by atoms with Crippen LogP contribution in [0.3, 0.4) is 0 Å². The Morgan fingerprint density at radius 1 is 0.839 bits per heavy atom. The minimum absolute atomic E-state index is 0.0997. The highest BCUT2D eigenvalue weighted by Gasteiger charge is 2.17. The van der Waals surface area contributed by atoms with E-state index in [0.29, 0.717) is 13.1 Å². The number of carbonyl (C=O) groups excluding carboxylic acids is 1. The fourth-order valence-corrected chi connectivity index (χ4v) is 4.25. The summed E-state index contributed by atoms with van der Waals surface area (Å²) >= 11 is 0. The molecule has 160 valence electrons. The summed E-state index contributed by atoms with van der Waals surface area (Å²) in [6.07, 6.45) is 4.30. The largest absolute Gasteiger partial charge is 0.362 e. The molecule has 1 aliphatic heterocycles. The van der Waals surface area contributed by atoms with Crippen molar-refractivity contribution in [2.45, 2.75) is 25.7 Å². The van der Waals surface area contributed by atoms with Crippen LogP contribution < -0.4 is 15.1 Å². The van der Waals surface area contributed by atoms with Crippen LogP contribution in [0.5, 0.6) is 0 Å². The Balaban J connectivity index is 1.31. The summed E-state index contributed by atoms with van der Waals surface area (Å²) in [6, 6.07) is 29.3. The number of para-hydroxylation sites is 3. The second-order valence-electron chi connectivity index (χ2n) is 8.03. The van der Waals surface area contributed by atoms with Crippen molar-refractivity contribution >= 4 is 23.0 Å². The molecule has 1 amide bonds. The lowest BCUT2D eigenvalue weighted by molar-refractivity contribution is -0.119. The molecule has 0 spiro atoms. The van der Waals surface area contributed by atoms with Crippen molar-refractivity contribution < 1.29 is 4.79 Å². The van der Waals surface area contributed by atoms with E-state index < -0.39 is 0 Å². The number of hydrogen-bond donors (Lipinski definition) is 1. The van der Waals surface area contributed by atoms with Gasteiger partial charge in [0.25, 0.3) is 0 Å². The van der Waals surface area contributed by atoms with Crippen LogP contribution >= 0.6 is 0 Å². The summed E-state index contributed by atoms with van der Waals surface area (Å²) in [6.45, 7) is 2.89. The number of fused-ring (bicyclic) bond motifs is 1. The molecule has 0 aromatic heterocycles. The Hall–Kier alpha value is -3.27. The van der Waals surface area contributed by atoms with Gasteiger partial charge >= 0.3 is 0 Å². The summed E-state index contributed by atoms with van der Waals surface area (Å²) in [5, 5.41) is 3.13. The molecule has 4 rings (SSSR count). The zero-order valence-electron chi connectivity index (χ0n) is 18.0. The number of carbonyl (C=O) groups is 1. The van der Waals surface area contributed by atoms with Crippen LogP contribution in [0.1, 0.15) is 24.8 Å². The van der Waals surface area contributed by atoms with Crippen molar-refractivity contribution in [1.82, 2.24) is 5.32 Å². The van der Waals surface area contributed by atoms with Crippen molar-refractivity contribution in [3.63, 3.8) is 0 Å². The van der Waals surface area contributed by atoms with Crippen molar-refractivity contribution in [3.8, 4) is 0 Å². The van der Waals surface area contributed by atoms with Gasteiger partial charge in [-0.15, -0.1) is 0 Å². The first kappa shape index (κ1) is 21.0. The first-order chi connectivity index (χ1) is 15.3. The summed E-state index contributed by atoms with van der Waals surface area (Å²) < 4.78 is 0. The van der Waals surface area contributed by atoms with E-state index in [1.807, 2.05) is 12.1 Å². The highest BCUT2D eigenvalue weighted by molar-refractivity contribution is 5.81. The highest BCUT2D eigenvalue weighted by atomic mass is 16.2. The number of amides is 1. The number of benzene rings is 3. The number of rotatable bonds is 8. The number of aryl methyl sites for hydroxylation is 1. The summed E-state index contributed by atoms with van der Waals surface area (Å²) in [5.74, 6) is 0.0997. The van der Waals surface area contributed by atoms with Gasteiger partial charge in [0.2, 0.25) is 5.91 Å². The molecule has 3 aromatic carbocycles. The van der Waals surface area contributed by atoms with Gasteiger partial charge in [-0.25, -0.2) is 0 Å². The molecule has 3 aromatic rings. The predicted molar refractivity (Wildman–Crippen MR) is 129 cm³/mol. The average molecular weight is 414 g/mol. The normalized spacial score (nSPS) is 13.2. The average Bonchev–Trinajstić information content (AvgIpc) is 3.02. The smallest absolute Gasteiger partial charge is 0.239 e. The maximum atomic E-state index is 12.7. The van der Waals surface area contributed by atoms with Crippen LogP contribution in [-0.4, -0.2) is 32.1 Å². The fraction of sp³-hybridized carbons (Fsp3) is 0.296. The number of nitrogens with one attached hydrogen (secondary N) is 1. The molecule has 4 nitrogen and oxygen atoms in total. The molecule has 1 N–H and O–H groups in total. The maximum Gasteiger partial charge on any atom is 0.239 e. The standard InChI is InChI=1S/C27H31N3O/c31-27(22-29-20-10-9-13-23-12-7-8-18-26(23)29)28-19-11-21-30(24-14-3-1-4-15-24)25-16-5-2-6-17-25/h1-8,12,14-18H,9-11,13,19-22H2,(H,28,31). The zero-order valence-corrected chi connectivity index (χ0v) is 18.0. The molecule has 1 heterocycles. The maximum absolute atomic E-state index is 12.7. The SMILES string of the molecule is O=C(CN1CCCCc2ccccc21)NCCCN(c1ccccc1)c1ccccc1. The van der Waals surface area contributed by atoms with Gasteiger partial charge in [0.05, 0.1) is 6.54 Å². The Labute approximate surface area is 185 Å². The molecule has 0 atom stereocenters. The summed E-state index contributed by atoms with van der Waals surface area (Å²) in [5.41, 5.74) is 4.91. The van der Waals surface area contributed by atoms with Crippen LogP contribution in [0, 0.1) is 0 Å². The van der Waals surface area contributed by atoms with Crippen LogP contribution in [-0.2, 0) is 11.2 Å². The number of anilines is 3. The minimum atomic E-state index is 0.0997. The lowest BCUT2D eigenvalue weighted by Crippen LogP contribution is -2.38. The second kappa shape index (κ2) is 10.7. The van der Waals surface area contributed by atoms with Crippen LogP contribution in [0.4, 0.5) is 17.1 Å². The topological polar surface area (TPSA) is 35.6 Å². The highest BCUT2D eigenvalue weighted by Crippen LogP contribution is 2.26. The molecule has 1 aliphatic rings. The fourth-order valence-electron chi connectivity index (χ4n) is 4.25. The third-order valence-corrected chi connectivity index (χ3v) is 5.81. The second-order valence-corrected chi connectivity index (χ2v) is 8.03. The van der Waals surface area contributed by atoms with E-state index in [4.69, 9.17) is 0 Å². The van der Waals surface area contributed by atoms with Gasteiger partial charge in [0.15, 0.2) is 0 Å². The molecule has 0 saturated heterocycles. The zero-order chi connectivity index (χ0) is 21.3. The van der Waals surface area contributed by atoms with Gasteiger partial charge in [-0.3, -0.25) is 4.79 Å². The van der Waals surface area contributed by atoms with Gasteiger partial charge in [0, 0.05) is 36.7 Å². The summed E-state index contributed by atoms with van der Waals surface area (Å²) in [7, 11) is 0. The van der Waals surface area contributed by atoms with E-state index >= 15 is 0 Å². The van der Waals surface area contributed by atoms with Crippen molar-refractivity contribution in [2.75, 3.05) is 36.0 Å². The van der Waals surface area contributed by atoms with Crippen molar-refractivity contribution in [2.24, 2.45) is 0 Å². The molecule has 0 radical (unpaired) electrons. The van der Waals surface area contributed by atoms with Crippen LogP contribution in [0.25, 0.3) is 0 Å². The third-order valence-electron chi connectivity index (χ3n) is 5.81. The van der Waals surface area contributed by atoms with Crippen molar-refractivity contribution in [1.29, 1.82) is 0 Å². The molecule has 4 heteroatoms.